The second kappa shape index (κ2) is 7.87. The molecule has 0 saturated heterocycles. The van der Waals surface area contributed by atoms with Crippen molar-refractivity contribution in [1.29, 1.82) is 0 Å². The molecule has 0 fully saturated rings. The fourth-order valence-electron chi connectivity index (χ4n) is 2.07. The minimum absolute atomic E-state index is 0.117. The second-order valence-corrected chi connectivity index (χ2v) is 5.00. The summed E-state index contributed by atoms with van der Waals surface area (Å²) in [4.78, 5) is 18.5. The first-order valence-electron chi connectivity index (χ1n) is 7.10. The summed E-state index contributed by atoms with van der Waals surface area (Å²) in [6.07, 6.45) is -0.616. The molecular formula is C16H14F3N2O3-. The van der Waals surface area contributed by atoms with Gasteiger partial charge in [0.15, 0.2) is 0 Å². The van der Waals surface area contributed by atoms with E-state index in [1.165, 1.54) is 30.7 Å². The number of nitrogens with zero attached hydrogens (tertiary/aromatic N) is 2. The normalized spacial score (nSPS) is 12.8. The number of benzene rings is 1. The minimum atomic E-state index is -4.42. The van der Waals surface area contributed by atoms with Gasteiger partial charge in [0.2, 0.25) is 0 Å². The molecule has 0 aliphatic carbocycles. The molecule has 0 N–H and O–H groups in total. The van der Waals surface area contributed by atoms with Crippen LogP contribution in [0.4, 0.5) is 13.2 Å². The first kappa shape index (κ1) is 17.9. The van der Waals surface area contributed by atoms with Gasteiger partial charge in [0.1, 0.15) is 0 Å². The zero-order valence-electron chi connectivity index (χ0n) is 12.5. The number of rotatable bonds is 7. The molecule has 0 aliphatic rings. The molecule has 5 nitrogen and oxygen atoms in total. The third kappa shape index (κ3) is 5.31. The van der Waals surface area contributed by atoms with E-state index >= 15 is 0 Å². The van der Waals surface area contributed by atoms with Crippen molar-refractivity contribution in [3.05, 3.63) is 59.7 Å². The first-order chi connectivity index (χ1) is 11.4. The van der Waals surface area contributed by atoms with E-state index < -0.39 is 23.8 Å². The maximum atomic E-state index is 12.6. The number of hydrogen-bond donors (Lipinski definition) is 0. The van der Waals surface area contributed by atoms with Gasteiger partial charge in [-0.2, -0.15) is 13.2 Å². The monoisotopic (exact) mass is 339 g/mol. The highest BCUT2D eigenvalue weighted by Crippen LogP contribution is 2.31. The van der Waals surface area contributed by atoms with Gasteiger partial charge in [0.25, 0.3) is 0 Å². The van der Waals surface area contributed by atoms with E-state index in [4.69, 9.17) is 4.74 Å². The summed E-state index contributed by atoms with van der Waals surface area (Å²) in [5.74, 6) is -1.26. The Balaban J connectivity index is 2.16. The van der Waals surface area contributed by atoms with Gasteiger partial charge in [-0.25, -0.2) is 0 Å². The Kier molecular flexibility index (Phi) is 5.86. The number of alkyl halides is 3. The second-order valence-electron chi connectivity index (χ2n) is 5.00. The van der Waals surface area contributed by atoms with Crippen LogP contribution in [0.5, 0.6) is 0 Å². The third-order valence-electron chi connectivity index (χ3n) is 3.25. The number of aliphatic carboxylic acids is 1. The molecule has 1 aromatic carbocycles. The van der Waals surface area contributed by atoms with Crippen LogP contribution in [0.25, 0.3) is 0 Å². The molecule has 0 bridgehead atoms. The molecule has 0 unspecified atom stereocenters. The Bertz CT molecular complexity index is 661. The van der Waals surface area contributed by atoms with Gasteiger partial charge in [0.05, 0.1) is 24.0 Å². The zero-order valence-corrected chi connectivity index (χ0v) is 12.5. The van der Waals surface area contributed by atoms with E-state index in [-0.39, 0.29) is 19.4 Å². The highest BCUT2D eigenvalue weighted by atomic mass is 19.4. The summed E-state index contributed by atoms with van der Waals surface area (Å²) in [6.45, 7) is -0.117. The fourth-order valence-corrected chi connectivity index (χ4v) is 2.07. The third-order valence-corrected chi connectivity index (χ3v) is 3.25. The van der Waals surface area contributed by atoms with Crippen molar-refractivity contribution in [1.82, 2.24) is 9.97 Å². The predicted molar refractivity (Wildman–Crippen MR) is 75.5 cm³/mol. The van der Waals surface area contributed by atoms with Crippen LogP contribution in [-0.4, -0.2) is 22.5 Å². The largest absolute Gasteiger partial charge is 0.550 e. The van der Waals surface area contributed by atoms with Crippen molar-refractivity contribution in [3.8, 4) is 0 Å². The molecule has 0 spiro atoms. The molecule has 1 atom stereocenters. The molecule has 1 heterocycles. The smallest absolute Gasteiger partial charge is 0.416 e. The lowest BCUT2D eigenvalue weighted by molar-refractivity contribution is -0.306. The van der Waals surface area contributed by atoms with E-state index in [0.717, 1.165) is 12.1 Å². The number of ether oxygens (including phenoxy) is 1. The van der Waals surface area contributed by atoms with Gasteiger partial charge < -0.3 is 14.6 Å². The van der Waals surface area contributed by atoms with E-state index in [1.807, 2.05) is 0 Å². The minimum Gasteiger partial charge on any atom is -0.550 e. The standard InChI is InChI=1S/C16H15F3N2O3/c17-16(18,19)12-3-1-11(2-4-12)14(24-8-5-15(22)23)9-13-10-20-6-7-21-13/h1-4,6-7,10,14H,5,8-9H2,(H,22,23)/p-1/t14-/m1/s1. The number of carbonyl (C=O) groups is 1. The molecule has 0 amide bonds. The molecule has 2 rings (SSSR count). The van der Waals surface area contributed by atoms with Gasteiger partial charge in [-0.15, -0.1) is 0 Å². The number of hydrogen-bond acceptors (Lipinski definition) is 5. The lowest BCUT2D eigenvalue weighted by atomic mass is 10.0. The molecule has 24 heavy (non-hydrogen) atoms. The molecule has 0 radical (unpaired) electrons. The van der Waals surface area contributed by atoms with Crippen molar-refractivity contribution in [2.24, 2.45) is 0 Å². The summed E-state index contributed by atoms with van der Waals surface area (Å²) in [5, 5.41) is 10.5. The SMILES string of the molecule is O=C([O-])CCO[C@H](Cc1cnccn1)c1ccc(C(F)(F)F)cc1. The van der Waals surface area contributed by atoms with E-state index in [0.29, 0.717) is 11.3 Å². The van der Waals surface area contributed by atoms with Crippen molar-refractivity contribution < 1.29 is 27.8 Å². The summed E-state index contributed by atoms with van der Waals surface area (Å²) in [7, 11) is 0. The van der Waals surface area contributed by atoms with Gasteiger partial charge >= 0.3 is 6.18 Å². The molecule has 0 saturated carbocycles. The van der Waals surface area contributed by atoms with E-state index in [9.17, 15) is 23.1 Å². The maximum Gasteiger partial charge on any atom is 0.416 e. The lowest BCUT2D eigenvalue weighted by Crippen LogP contribution is -2.24. The number of carboxylic acids is 1. The van der Waals surface area contributed by atoms with Crippen molar-refractivity contribution >= 4 is 5.97 Å². The van der Waals surface area contributed by atoms with Crippen LogP contribution in [0.3, 0.4) is 0 Å². The van der Waals surface area contributed by atoms with Crippen LogP contribution in [0.15, 0.2) is 42.9 Å². The van der Waals surface area contributed by atoms with Crippen LogP contribution in [-0.2, 0) is 22.1 Å². The summed E-state index contributed by atoms with van der Waals surface area (Å²) < 4.78 is 43.4. The Hall–Kier alpha value is -2.48. The van der Waals surface area contributed by atoms with Gasteiger partial charge in [-0.1, -0.05) is 12.1 Å². The average molecular weight is 339 g/mol. The zero-order chi connectivity index (χ0) is 17.6. The lowest BCUT2D eigenvalue weighted by Gasteiger charge is -2.19. The quantitative estimate of drug-likeness (QED) is 0.771. The summed E-state index contributed by atoms with van der Waals surface area (Å²) in [5.41, 5.74) is 0.307. The number of aromatic nitrogens is 2. The highest BCUT2D eigenvalue weighted by molar-refractivity contribution is 5.64. The maximum absolute atomic E-state index is 12.6. The first-order valence-corrected chi connectivity index (χ1v) is 7.10. The van der Waals surface area contributed by atoms with Crippen LogP contribution in [0, 0.1) is 0 Å². The fraction of sp³-hybridized carbons (Fsp3) is 0.312. The Morgan fingerprint density at radius 2 is 1.92 bits per heavy atom. The van der Waals surface area contributed by atoms with Crippen molar-refractivity contribution in [3.63, 3.8) is 0 Å². The van der Waals surface area contributed by atoms with Gasteiger partial charge in [0, 0.05) is 37.4 Å². The molecular weight excluding hydrogens is 325 g/mol. The Morgan fingerprint density at radius 3 is 2.46 bits per heavy atom. The van der Waals surface area contributed by atoms with E-state index in [1.54, 1.807) is 0 Å². The summed E-state index contributed by atoms with van der Waals surface area (Å²) >= 11 is 0. The topological polar surface area (TPSA) is 75.1 Å². The number of carbonyl (C=O) groups excluding carboxylic acids is 1. The van der Waals surface area contributed by atoms with Crippen LogP contribution in [0.1, 0.15) is 29.3 Å². The predicted octanol–water partition coefficient (Wildman–Crippen LogP) is 1.94. The molecule has 8 heteroatoms. The van der Waals surface area contributed by atoms with Crippen LogP contribution < -0.4 is 5.11 Å². The summed E-state index contributed by atoms with van der Waals surface area (Å²) in [6, 6.07) is 4.54. The van der Waals surface area contributed by atoms with Crippen LogP contribution in [0.2, 0.25) is 0 Å². The molecule has 2 aromatic rings. The van der Waals surface area contributed by atoms with Gasteiger partial charge in [-0.05, 0) is 17.7 Å². The average Bonchev–Trinajstić information content (AvgIpc) is 2.54. The van der Waals surface area contributed by atoms with Crippen molar-refractivity contribution in [2.75, 3.05) is 6.61 Å². The number of carboxylic acid groups (broad SMARTS) is 1. The van der Waals surface area contributed by atoms with Crippen LogP contribution >= 0.6 is 0 Å². The molecule has 0 aliphatic heterocycles. The highest BCUT2D eigenvalue weighted by Gasteiger charge is 2.30. The Morgan fingerprint density at radius 1 is 1.21 bits per heavy atom. The Labute approximate surface area is 136 Å². The number of halogens is 3. The van der Waals surface area contributed by atoms with Crippen molar-refractivity contribution in [2.45, 2.75) is 25.1 Å². The molecule has 128 valence electrons. The molecule has 1 aromatic heterocycles. The van der Waals surface area contributed by atoms with E-state index in [2.05, 4.69) is 9.97 Å². The van der Waals surface area contributed by atoms with Gasteiger partial charge in [-0.3, -0.25) is 9.97 Å².